The van der Waals surface area contributed by atoms with Gasteiger partial charge in [-0.3, -0.25) is 0 Å². The Bertz CT molecular complexity index is 253. The van der Waals surface area contributed by atoms with Crippen LogP contribution in [0.5, 0.6) is 0 Å². The van der Waals surface area contributed by atoms with Crippen molar-refractivity contribution < 1.29 is 16.9 Å². The fourth-order valence-corrected chi connectivity index (χ4v) is 3.81. The van der Waals surface area contributed by atoms with Crippen LogP contribution in [0.1, 0.15) is 129 Å². The zero-order valence-corrected chi connectivity index (χ0v) is 19.7. The quantitative estimate of drug-likeness (QED) is 0.200. The fraction of sp³-hybridized carbons (Fsp3) is 1.00. The van der Waals surface area contributed by atoms with Crippen LogP contribution >= 0.6 is 0 Å². The molecule has 0 N–H and O–H groups in total. The summed E-state index contributed by atoms with van der Waals surface area (Å²) in [5.74, 6) is 0. The summed E-state index contributed by atoms with van der Waals surface area (Å²) in [6, 6.07) is 0. The summed E-state index contributed by atoms with van der Waals surface area (Å²) in [6.45, 7) is 7.36. The molecule has 26 heavy (non-hydrogen) atoms. The van der Waals surface area contributed by atoms with Gasteiger partial charge in [0, 0.05) is 0 Å². The highest BCUT2D eigenvalue weighted by atomic mass is 35.5. The molecule has 0 fully saturated rings. The van der Waals surface area contributed by atoms with Crippen molar-refractivity contribution in [3.05, 3.63) is 0 Å². The maximum Gasteiger partial charge on any atom is 0.0782 e. The Hall–Kier alpha value is 0.250. The Morgan fingerprint density at radius 2 is 0.615 bits per heavy atom. The number of quaternary nitrogens is 1. The lowest BCUT2D eigenvalue weighted by molar-refractivity contribution is -0.890. The van der Waals surface area contributed by atoms with Crippen LogP contribution in [0.3, 0.4) is 0 Å². The van der Waals surface area contributed by atoms with Crippen LogP contribution in [0.2, 0.25) is 0 Å². The van der Waals surface area contributed by atoms with Gasteiger partial charge < -0.3 is 16.9 Å². The Kier molecular flexibility index (Phi) is 23.6. The van der Waals surface area contributed by atoms with Gasteiger partial charge in [0.1, 0.15) is 0 Å². The number of nitrogens with zero attached hydrogens (tertiary/aromatic N) is 1. The first kappa shape index (κ1) is 28.5. The molecular formula is C24H52ClN. The second kappa shape index (κ2) is 21.5. The molecule has 0 saturated heterocycles. The predicted molar refractivity (Wildman–Crippen MR) is 116 cm³/mol. The molecule has 2 heteroatoms. The summed E-state index contributed by atoms with van der Waals surface area (Å²) in [6.07, 6.45) is 26.0. The molecule has 0 atom stereocenters. The Labute approximate surface area is 173 Å². The van der Waals surface area contributed by atoms with Gasteiger partial charge in [0.15, 0.2) is 0 Å². The first-order valence-electron chi connectivity index (χ1n) is 11.9. The summed E-state index contributed by atoms with van der Waals surface area (Å²) in [5.41, 5.74) is 0. The monoisotopic (exact) mass is 389 g/mol. The second-order valence-electron chi connectivity index (χ2n) is 9.04. The number of unbranched alkanes of at least 4 members (excludes halogenated alkanes) is 16. The van der Waals surface area contributed by atoms with Crippen LogP contribution in [0, 0.1) is 0 Å². The second-order valence-corrected chi connectivity index (χ2v) is 9.04. The van der Waals surface area contributed by atoms with Crippen LogP contribution < -0.4 is 12.4 Å². The van der Waals surface area contributed by atoms with Gasteiger partial charge in [-0.1, -0.05) is 104 Å². The van der Waals surface area contributed by atoms with Gasteiger partial charge >= 0.3 is 0 Å². The van der Waals surface area contributed by atoms with Crippen LogP contribution in [-0.4, -0.2) is 31.7 Å². The van der Waals surface area contributed by atoms with E-state index in [2.05, 4.69) is 27.9 Å². The molecule has 1 nitrogen and oxygen atoms in total. The lowest BCUT2D eigenvalue weighted by Gasteiger charge is -2.30. The molecule has 0 aromatic heterocycles. The highest BCUT2D eigenvalue weighted by Crippen LogP contribution is 2.13. The SMILES string of the molecule is CCCCCCCCCCCC[N+](C)(C)CCCCCCCCCC.[Cl-]. The van der Waals surface area contributed by atoms with E-state index in [9.17, 15) is 0 Å². The highest BCUT2D eigenvalue weighted by Gasteiger charge is 2.13. The molecule has 0 saturated carbocycles. The molecule has 0 aliphatic heterocycles. The van der Waals surface area contributed by atoms with Gasteiger partial charge in [-0.25, -0.2) is 0 Å². The fourth-order valence-electron chi connectivity index (χ4n) is 3.81. The number of halogens is 1. The van der Waals surface area contributed by atoms with E-state index in [0.29, 0.717) is 0 Å². The number of hydrogen-bond donors (Lipinski definition) is 0. The van der Waals surface area contributed by atoms with Crippen LogP contribution in [-0.2, 0) is 0 Å². The van der Waals surface area contributed by atoms with Gasteiger partial charge in [-0.15, -0.1) is 0 Å². The highest BCUT2D eigenvalue weighted by molar-refractivity contribution is 4.49. The maximum absolute atomic E-state index is 2.44. The van der Waals surface area contributed by atoms with Crippen molar-refractivity contribution in [3.63, 3.8) is 0 Å². The molecule has 0 aromatic rings. The van der Waals surface area contributed by atoms with E-state index in [-0.39, 0.29) is 12.4 Å². The largest absolute Gasteiger partial charge is 1.00 e. The first-order chi connectivity index (χ1) is 12.1. The van der Waals surface area contributed by atoms with Crippen molar-refractivity contribution >= 4 is 0 Å². The van der Waals surface area contributed by atoms with E-state index in [1.54, 1.807) is 0 Å². The van der Waals surface area contributed by atoms with E-state index in [1.165, 1.54) is 133 Å². The first-order valence-corrected chi connectivity index (χ1v) is 11.9. The minimum atomic E-state index is 0. The Balaban J connectivity index is 0. The molecule has 0 aliphatic rings. The molecule has 0 rings (SSSR count). The van der Waals surface area contributed by atoms with E-state index in [1.807, 2.05) is 0 Å². The molecule has 0 aliphatic carbocycles. The standard InChI is InChI=1S/C24H52N.ClH/c1-5-7-9-11-13-15-16-18-20-22-24-25(3,4)23-21-19-17-14-12-10-8-6-2;/h5-24H2,1-4H3;1H/q+1;/p-1. The third-order valence-electron chi connectivity index (χ3n) is 5.73. The third kappa shape index (κ3) is 22.3. The third-order valence-corrected chi connectivity index (χ3v) is 5.73. The average molecular weight is 390 g/mol. The number of hydrogen-bond acceptors (Lipinski definition) is 0. The van der Waals surface area contributed by atoms with Gasteiger partial charge in [0.2, 0.25) is 0 Å². The van der Waals surface area contributed by atoms with E-state index >= 15 is 0 Å². The minimum absolute atomic E-state index is 0. The summed E-state index contributed by atoms with van der Waals surface area (Å²) in [7, 11) is 4.88. The van der Waals surface area contributed by atoms with E-state index in [4.69, 9.17) is 0 Å². The lowest BCUT2D eigenvalue weighted by Crippen LogP contribution is -3.00. The van der Waals surface area contributed by atoms with Crippen molar-refractivity contribution in [2.75, 3.05) is 27.2 Å². The smallest absolute Gasteiger partial charge is 0.0782 e. The summed E-state index contributed by atoms with van der Waals surface area (Å²) in [5, 5.41) is 0. The molecule has 0 amide bonds. The van der Waals surface area contributed by atoms with E-state index < -0.39 is 0 Å². The lowest BCUT2D eigenvalue weighted by atomic mass is 10.1. The summed E-state index contributed by atoms with van der Waals surface area (Å²) in [4.78, 5) is 0. The molecular weight excluding hydrogens is 338 g/mol. The van der Waals surface area contributed by atoms with Gasteiger partial charge in [-0.05, 0) is 25.7 Å². The number of rotatable bonds is 20. The Morgan fingerprint density at radius 3 is 0.885 bits per heavy atom. The zero-order valence-electron chi connectivity index (χ0n) is 19.0. The predicted octanol–water partition coefficient (Wildman–Crippen LogP) is 5.13. The minimum Gasteiger partial charge on any atom is -1.00 e. The molecule has 0 heterocycles. The Morgan fingerprint density at radius 1 is 0.385 bits per heavy atom. The van der Waals surface area contributed by atoms with Crippen molar-refractivity contribution in [1.29, 1.82) is 0 Å². The molecule has 0 bridgehead atoms. The zero-order chi connectivity index (χ0) is 18.6. The van der Waals surface area contributed by atoms with E-state index in [0.717, 1.165) is 0 Å². The van der Waals surface area contributed by atoms with Gasteiger partial charge in [0.25, 0.3) is 0 Å². The molecule has 160 valence electrons. The van der Waals surface area contributed by atoms with Gasteiger partial charge in [0.05, 0.1) is 27.2 Å². The topological polar surface area (TPSA) is 0 Å². The molecule has 0 spiro atoms. The maximum atomic E-state index is 2.44. The van der Waals surface area contributed by atoms with Crippen molar-refractivity contribution in [1.82, 2.24) is 0 Å². The van der Waals surface area contributed by atoms with Gasteiger partial charge in [-0.2, -0.15) is 0 Å². The summed E-state index contributed by atoms with van der Waals surface area (Å²) >= 11 is 0. The average Bonchev–Trinajstić information content (AvgIpc) is 2.59. The van der Waals surface area contributed by atoms with Crippen molar-refractivity contribution in [2.45, 2.75) is 129 Å². The van der Waals surface area contributed by atoms with Crippen LogP contribution in [0.4, 0.5) is 0 Å². The van der Waals surface area contributed by atoms with Crippen LogP contribution in [0.15, 0.2) is 0 Å². The van der Waals surface area contributed by atoms with Crippen LogP contribution in [0.25, 0.3) is 0 Å². The summed E-state index contributed by atoms with van der Waals surface area (Å²) < 4.78 is 1.24. The molecule has 0 unspecified atom stereocenters. The normalized spacial score (nSPS) is 11.5. The van der Waals surface area contributed by atoms with Crippen molar-refractivity contribution in [3.8, 4) is 0 Å². The molecule has 0 aromatic carbocycles. The van der Waals surface area contributed by atoms with Crippen molar-refractivity contribution in [2.24, 2.45) is 0 Å². The molecule has 0 radical (unpaired) electrons.